The summed E-state index contributed by atoms with van der Waals surface area (Å²) >= 11 is 3.21. The van der Waals surface area contributed by atoms with Gasteiger partial charge in [-0.3, -0.25) is 9.59 Å². The Hall–Kier alpha value is -2.28. The van der Waals surface area contributed by atoms with E-state index in [4.69, 9.17) is 4.42 Å². The minimum absolute atomic E-state index is 0.00495. The van der Waals surface area contributed by atoms with E-state index < -0.39 is 0 Å². The van der Waals surface area contributed by atoms with Crippen molar-refractivity contribution in [2.45, 2.75) is 6.42 Å². The van der Waals surface area contributed by atoms with E-state index in [1.54, 1.807) is 17.0 Å². The Kier molecular flexibility index (Phi) is 5.66. The molecule has 0 unspecified atom stereocenters. The Bertz CT molecular complexity index is 786. The smallest absolute Gasteiger partial charge is 0.289 e. The van der Waals surface area contributed by atoms with Gasteiger partial charge in [-0.25, -0.2) is 0 Å². The van der Waals surface area contributed by atoms with E-state index >= 15 is 0 Å². The van der Waals surface area contributed by atoms with Crippen LogP contribution < -0.4 is 4.90 Å². The number of benzene rings is 1. The van der Waals surface area contributed by atoms with Crippen LogP contribution in [0.3, 0.4) is 0 Å². The Morgan fingerprint density at radius 2 is 1.54 bits per heavy atom. The monoisotopic (exact) mass is 419 g/mol. The van der Waals surface area contributed by atoms with Gasteiger partial charge in [0.2, 0.25) is 0 Å². The highest BCUT2D eigenvalue weighted by atomic mass is 79.9. The predicted octanol–water partition coefficient (Wildman–Crippen LogP) is 3.10. The number of furan rings is 1. The SMILES string of the molecule is CN(C)c1ccc(C(=O)N2CCCN(C(=O)c3ccc(Br)o3)CC2)cc1. The lowest BCUT2D eigenvalue weighted by atomic mass is 10.1. The van der Waals surface area contributed by atoms with Crippen molar-refractivity contribution in [2.75, 3.05) is 45.2 Å². The summed E-state index contributed by atoms with van der Waals surface area (Å²) in [7, 11) is 3.93. The molecule has 1 saturated heterocycles. The number of carbonyl (C=O) groups is 2. The lowest BCUT2D eigenvalue weighted by molar-refractivity contribution is 0.0699. The molecular formula is C19H22BrN3O3. The number of amides is 2. The minimum atomic E-state index is -0.139. The lowest BCUT2D eigenvalue weighted by Gasteiger charge is -2.22. The number of carbonyl (C=O) groups excluding carboxylic acids is 2. The topological polar surface area (TPSA) is 57.0 Å². The molecule has 7 heteroatoms. The molecule has 3 rings (SSSR count). The fraction of sp³-hybridized carbons (Fsp3) is 0.368. The first kappa shape index (κ1) is 18.5. The molecule has 2 heterocycles. The highest BCUT2D eigenvalue weighted by Crippen LogP contribution is 2.18. The second-order valence-corrected chi connectivity index (χ2v) is 7.26. The average Bonchev–Trinajstić information content (AvgIpc) is 2.93. The highest BCUT2D eigenvalue weighted by molar-refractivity contribution is 9.10. The molecule has 1 fully saturated rings. The quantitative estimate of drug-likeness (QED) is 0.766. The van der Waals surface area contributed by atoms with Crippen LogP contribution in [0, 0.1) is 0 Å². The summed E-state index contributed by atoms with van der Waals surface area (Å²) in [5.74, 6) is 0.182. The van der Waals surface area contributed by atoms with Gasteiger partial charge in [0.25, 0.3) is 11.8 Å². The van der Waals surface area contributed by atoms with Gasteiger partial charge in [0.15, 0.2) is 10.4 Å². The molecule has 1 aromatic carbocycles. The molecule has 0 atom stereocenters. The van der Waals surface area contributed by atoms with E-state index in [0.29, 0.717) is 42.2 Å². The van der Waals surface area contributed by atoms with Gasteiger partial charge in [0.05, 0.1) is 0 Å². The number of nitrogens with zero attached hydrogens (tertiary/aromatic N) is 3. The van der Waals surface area contributed by atoms with Crippen LogP contribution in [0.25, 0.3) is 0 Å². The molecule has 1 aliphatic heterocycles. The normalized spacial score (nSPS) is 14.9. The molecule has 6 nitrogen and oxygen atoms in total. The molecule has 1 aliphatic rings. The molecule has 2 aromatic rings. The standard InChI is InChI=1S/C19H22BrN3O3/c1-21(2)15-6-4-14(5-7-15)18(24)22-10-3-11-23(13-12-22)19(25)16-8-9-17(20)26-16/h4-9H,3,10-13H2,1-2H3. The molecule has 0 saturated carbocycles. The third-order valence-electron chi connectivity index (χ3n) is 4.48. The molecule has 26 heavy (non-hydrogen) atoms. The van der Waals surface area contributed by atoms with Crippen molar-refractivity contribution in [3.63, 3.8) is 0 Å². The van der Waals surface area contributed by atoms with Crippen molar-refractivity contribution < 1.29 is 14.0 Å². The Balaban J connectivity index is 1.64. The third-order valence-corrected chi connectivity index (χ3v) is 4.91. The Morgan fingerprint density at radius 3 is 2.08 bits per heavy atom. The number of hydrogen-bond acceptors (Lipinski definition) is 4. The zero-order chi connectivity index (χ0) is 18.7. The number of rotatable bonds is 3. The van der Waals surface area contributed by atoms with Gasteiger partial charge in [-0.2, -0.15) is 0 Å². The molecule has 0 spiro atoms. The van der Waals surface area contributed by atoms with E-state index in [1.165, 1.54) is 0 Å². The van der Waals surface area contributed by atoms with Gasteiger partial charge in [-0.1, -0.05) is 0 Å². The van der Waals surface area contributed by atoms with Crippen LogP contribution >= 0.6 is 15.9 Å². The predicted molar refractivity (Wildman–Crippen MR) is 104 cm³/mol. The minimum Gasteiger partial charge on any atom is -0.444 e. The van der Waals surface area contributed by atoms with Gasteiger partial charge in [0, 0.05) is 51.5 Å². The van der Waals surface area contributed by atoms with E-state index in [1.807, 2.05) is 48.2 Å². The van der Waals surface area contributed by atoms with Crippen LogP contribution in [0.5, 0.6) is 0 Å². The third kappa shape index (κ3) is 4.09. The first-order chi connectivity index (χ1) is 12.5. The zero-order valence-electron chi connectivity index (χ0n) is 14.9. The van der Waals surface area contributed by atoms with E-state index in [0.717, 1.165) is 12.1 Å². The van der Waals surface area contributed by atoms with E-state index in [9.17, 15) is 9.59 Å². The van der Waals surface area contributed by atoms with Crippen LogP contribution in [-0.2, 0) is 0 Å². The van der Waals surface area contributed by atoms with Gasteiger partial charge >= 0.3 is 0 Å². The maximum atomic E-state index is 12.8. The molecule has 138 valence electrons. The molecule has 0 bridgehead atoms. The Morgan fingerprint density at radius 1 is 0.923 bits per heavy atom. The van der Waals surface area contributed by atoms with Gasteiger partial charge in [0.1, 0.15) is 0 Å². The first-order valence-electron chi connectivity index (χ1n) is 8.57. The number of hydrogen-bond donors (Lipinski definition) is 0. The largest absolute Gasteiger partial charge is 0.444 e. The maximum Gasteiger partial charge on any atom is 0.289 e. The number of anilines is 1. The summed E-state index contributed by atoms with van der Waals surface area (Å²) in [6.07, 6.45) is 0.745. The fourth-order valence-corrected chi connectivity index (χ4v) is 3.30. The first-order valence-corrected chi connectivity index (χ1v) is 9.36. The lowest BCUT2D eigenvalue weighted by Crippen LogP contribution is -2.37. The molecule has 1 aromatic heterocycles. The fourth-order valence-electron chi connectivity index (χ4n) is 2.99. The van der Waals surface area contributed by atoms with Crippen molar-refractivity contribution in [3.8, 4) is 0 Å². The van der Waals surface area contributed by atoms with Crippen LogP contribution in [0.15, 0.2) is 45.5 Å². The number of halogens is 1. The summed E-state index contributed by atoms with van der Waals surface area (Å²) in [6, 6.07) is 11.0. The summed E-state index contributed by atoms with van der Waals surface area (Å²) in [4.78, 5) is 30.8. The molecule has 0 radical (unpaired) electrons. The second kappa shape index (κ2) is 7.95. The van der Waals surface area contributed by atoms with Gasteiger partial charge < -0.3 is 19.1 Å². The van der Waals surface area contributed by atoms with Crippen molar-refractivity contribution in [1.29, 1.82) is 0 Å². The van der Waals surface area contributed by atoms with Crippen LogP contribution in [0.4, 0.5) is 5.69 Å². The molecular weight excluding hydrogens is 398 g/mol. The van der Waals surface area contributed by atoms with Crippen LogP contribution in [0.2, 0.25) is 0 Å². The van der Waals surface area contributed by atoms with Gasteiger partial charge in [-0.15, -0.1) is 0 Å². The van der Waals surface area contributed by atoms with Gasteiger partial charge in [-0.05, 0) is 58.7 Å². The summed E-state index contributed by atoms with van der Waals surface area (Å²) in [5, 5.41) is 0. The van der Waals surface area contributed by atoms with Crippen LogP contribution in [0.1, 0.15) is 27.3 Å². The van der Waals surface area contributed by atoms with E-state index in [2.05, 4.69) is 15.9 Å². The van der Waals surface area contributed by atoms with E-state index in [-0.39, 0.29) is 11.8 Å². The summed E-state index contributed by atoms with van der Waals surface area (Å²) in [5.41, 5.74) is 1.73. The van der Waals surface area contributed by atoms with Crippen molar-refractivity contribution in [2.24, 2.45) is 0 Å². The zero-order valence-corrected chi connectivity index (χ0v) is 16.5. The highest BCUT2D eigenvalue weighted by Gasteiger charge is 2.25. The molecule has 0 aliphatic carbocycles. The molecule has 2 amide bonds. The summed E-state index contributed by atoms with van der Waals surface area (Å²) in [6.45, 7) is 2.26. The Labute approximate surface area is 161 Å². The van der Waals surface area contributed by atoms with Crippen molar-refractivity contribution >= 4 is 33.4 Å². The molecule has 0 N–H and O–H groups in total. The van der Waals surface area contributed by atoms with Crippen molar-refractivity contribution in [1.82, 2.24) is 9.80 Å². The maximum absolute atomic E-state index is 12.8. The van der Waals surface area contributed by atoms with Crippen molar-refractivity contribution in [3.05, 3.63) is 52.4 Å². The second-order valence-electron chi connectivity index (χ2n) is 6.48. The summed E-state index contributed by atoms with van der Waals surface area (Å²) < 4.78 is 5.89. The van der Waals surface area contributed by atoms with Crippen LogP contribution in [-0.4, -0.2) is 61.9 Å². The average molecular weight is 420 g/mol.